The molecule has 0 aliphatic carbocycles. The van der Waals surface area contributed by atoms with Gasteiger partial charge in [-0.25, -0.2) is 8.42 Å². The number of sulfonamides is 1. The van der Waals surface area contributed by atoms with Crippen LogP contribution in [0.5, 0.6) is 0 Å². The average Bonchev–Trinajstić information content (AvgIpc) is 2.73. The molecular weight excluding hydrogens is 451 g/mol. The van der Waals surface area contributed by atoms with Crippen LogP contribution in [0.25, 0.3) is 10.8 Å². The molecule has 0 saturated carbocycles. The monoisotopic (exact) mass is 471 g/mol. The highest BCUT2D eigenvalue weighted by Gasteiger charge is 2.31. The molecule has 0 amide bonds. The Morgan fingerprint density at radius 3 is 2.26 bits per heavy atom. The Kier molecular flexibility index (Phi) is 6.68. The molecule has 1 aliphatic rings. The van der Waals surface area contributed by atoms with Crippen molar-refractivity contribution in [3.05, 3.63) is 66.2 Å². The lowest BCUT2D eigenvalue weighted by Gasteiger charge is -2.30. The molecule has 166 valence electrons. The summed E-state index contributed by atoms with van der Waals surface area (Å²) in [5.41, 5.74) is -0.119. The number of nitrogens with zero attached hydrogens (tertiary/aromatic N) is 1. The van der Waals surface area contributed by atoms with Crippen molar-refractivity contribution in [3.63, 3.8) is 0 Å². The Hall–Kier alpha value is -2.49. The predicted octanol–water partition coefficient (Wildman–Crippen LogP) is 4.49. The molecule has 4 rings (SSSR count). The van der Waals surface area contributed by atoms with Gasteiger partial charge in [-0.2, -0.15) is 13.2 Å². The van der Waals surface area contributed by atoms with E-state index in [0.29, 0.717) is 5.39 Å². The van der Waals surface area contributed by atoms with Crippen LogP contribution in [0.15, 0.2) is 65.6 Å². The SMILES string of the molecule is Cl.O=S(=O)(Nc1cccc(C(F)(F)F)c1)c1ccc(N2CCNCC2)c2ccccc12. The summed E-state index contributed by atoms with van der Waals surface area (Å²) in [6.45, 7) is 3.29. The van der Waals surface area contributed by atoms with E-state index in [9.17, 15) is 21.6 Å². The first kappa shape index (κ1) is 23.2. The summed E-state index contributed by atoms with van der Waals surface area (Å²) < 4.78 is 67.3. The third-order valence-corrected chi connectivity index (χ3v) is 6.49. The Morgan fingerprint density at radius 2 is 1.58 bits per heavy atom. The lowest BCUT2D eigenvalue weighted by molar-refractivity contribution is -0.137. The highest BCUT2D eigenvalue weighted by atomic mass is 35.5. The highest BCUT2D eigenvalue weighted by Crippen LogP contribution is 2.34. The molecule has 2 N–H and O–H groups in total. The van der Waals surface area contributed by atoms with Gasteiger partial charge in [-0.3, -0.25) is 4.72 Å². The van der Waals surface area contributed by atoms with E-state index in [1.165, 1.54) is 18.2 Å². The minimum Gasteiger partial charge on any atom is -0.368 e. The normalized spacial score (nSPS) is 14.9. The first-order valence-electron chi connectivity index (χ1n) is 9.43. The second-order valence-electron chi connectivity index (χ2n) is 7.05. The minimum atomic E-state index is -4.56. The largest absolute Gasteiger partial charge is 0.416 e. The zero-order valence-electron chi connectivity index (χ0n) is 16.3. The second-order valence-corrected chi connectivity index (χ2v) is 8.70. The Balaban J connectivity index is 0.00000272. The van der Waals surface area contributed by atoms with Crippen molar-refractivity contribution >= 4 is 44.6 Å². The lowest BCUT2D eigenvalue weighted by Crippen LogP contribution is -2.43. The first-order valence-corrected chi connectivity index (χ1v) is 10.9. The number of alkyl halides is 3. The van der Waals surface area contributed by atoms with Crippen molar-refractivity contribution in [2.24, 2.45) is 0 Å². The number of halogens is 4. The minimum absolute atomic E-state index is 0. The van der Waals surface area contributed by atoms with E-state index in [1.54, 1.807) is 18.2 Å². The Bertz CT molecular complexity index is 1180. The molecule has 31 heavy (non-hydrogen) atoms. The lowest BCUT2D eigenvalue weighted by atomic mass is 10.1. The summed E-state index contributed by atoms with van der Waals surface area (Å²) >= 11 is 0. The van der Waals surface area contributed by atoms with Crippen molar-refractivity contribution in [2.45, 2.75) is 11.1 Å². The third kappa shape index (κ3) is 4.89. The van der Waals surface area contributed by atoms with Crippen LogP contribution in [0.3, 0.4) is 0 Å². The molecule has 1 saturated heterocycles. The topological polar surface area (TPSA) is 61.4 Å². The number of rotatable bonds is 4. The summed E-state index contributed by atoms with van der Waals surface area (Å²) in [6.07, 6.45) is -4.56. The van der Waals surface area contributed by atoms with E-state index in [0.717, 1.165) is 49.4 Å². The zero-order chi connectivity index (χ0) is 21.4. The number of anilines is 2. The molecule has 1 aliphatic heterocycles. The molecule has 0 spiro atoms. The first-order chi connectivity index (χ1) is 14.3. The predicted molar refractivity (Wildman–Crippen MR) is 119 cm³/mol. The van der Waals surface area contributed by atoms with E-state index < -0.39 is 21.8 Å². The standard InChI is InChI=1S/C21H20F3N3O2S.ClH/c22-21(23,24)15-4-3-5-16(14-15)26-30(28,29)20-9-8-19(27-12-10-25-11-13-27)17-6-1-2-7-18(17)20;/h1-9,14,25-26H,10-13H2;1H. The van der Waals surface area contributed by atoms with Crippen LogP contribution >= 0.6 is 12.4 Å². The van der Waals surface area contributed by atoms with Crippen LogP contribution < -0.4 is 14.9 Å². The third-order valence-electron chi connectivity index (χ3n) is 5.05. The molecule has 10 heteroatoms. The van der Waals surface area contributed by atoms with Gasteiger partial charge in [0.1, 0.15) is 0 Å². The van der Waals surface area contributed by atoms with Gasteiger partial charge >= 0.3 is 6.18 Å². The fourth-order valence-electron chi connectivity index (χ4n) is 3.64. The second kappa shape index (κ2) is 8.94. The summed E-state index contributed by atoms with van der Waals surface area (Å²) in [4.78, 5) is 2.21. The number of benzene rings is 3. The molecule has 0 radical (unpaired) electrons. The maximum Gasteiger partial charge on any atom is 0.416 e. The van der Waals surface area contributed by atoms with Gasteiger partial charge in [-0.1, -0.05) is 30.3 Å². The molecule has 3 aromatic rings. The molecule has 1 fully saturated rings. The van der Waals surface area contributed by atoms with Crippen molar-refractivity contribution in [1.82, 2.24) is 5.32 Å². The van der Waals surface area contributed by atoms with Crippen LogP contribution in [0.4, 0.5) is 24.5 Å². The number of fused-ring (bicyclic) bond motifs is 1. The van der Waals surface area contributed by atoms with Gasteiger partial charge in [-0.15, -0.1) is 12.4 Å². The molecule has 0 aromatic heterocycles. The quantitative estimate of drug-likeness (QED) is 0.588. The molecule has 5 nitrogen and oxygen atoms in total. The zero-order valence-corrected chi connectivity index (χ0v) is 17.9. The molecular formula is C21H21ClF3N3O2S. The number of hydrogen-bond donors (Lipinski definition) is 2. The van der Waals surface area contributed by atoms with E-state index in [2.05, 4.69) is 14.9 Å². The highest BCUT2D eigenvalue weighted by molar-refractivity contribution is 7.93. The van der Waals surface area contributed by atoms with Gasteiger partial charge in [0.05, 0.1) is 10.5 Å². The molecule has 3 aromatic carbocycles. The van der Waals surface area contributed by atoms with Gasteiger partial charge in [-0.05, 0) is 30.3 Å². The number of hydrogen-bond acceptors (Lipinski definition) is 4. The van der Waals surface area contributed by atoms with E-state index in [4.69, 9.17) is 0 Å². The van der Waals surface area contributed by atoms with Crippen LogP contribution in [0.2, 0.25) is 0 Å². The van der Waals surface area contributed by atoms with Crippen LogP contribution in [-0.4, -0.2) is 34.6 Å². The number of nitrogens with one attached hydrogen (secondary N) is 2. The number of piperazine rings is 1. The maximum atomic E-state index is 13.0. The van der Waals surface area contributed by atoms with Gasteiger partial charge in [0.2, 0.25) is 0 Å². The fraction of sp³-hybridized carbons (Fsp3) is 0.238. The van der Waals surface area contributed by atoms with Crippen LogP contribution in [-0.2, 0) is 16.2 Å². The van der Waals surface area contributed by atoms with Crippen molar-refractivity contribution < 1.29 is 21.6 Å². The molecule has 0 bridgehead atoms. The van der Waals surface area contributed by atoms with Crippen LogP contribution in [0, 0.1) is 0 Å². The Morgan fingerprint density at radius 1 is 0.903 bits per heavy atom. The van der Waals surface area contributed by atoms with Gasteiger partial charge in [0.15, 0.2) is 0 Å². The maximum absolute atomic E-state index is 13.0. The summed E-state index contributed by atoms with van der Waals surface area (Å²) in [7, 11) is -4.10. The molecule has 0 unspecified atom stereocenters. The fourth-order valence-corrected chi connectivity index (χ4v) is 4.90. The van der Waals surface area contributed by atoms with Crippen molar-refractivity contribution in [2.75, 3.05) is 35.8 Å². The van der Waals surface area contributed by atoms with Crippen molar-refractivity contribution in [1.29, 1.82) is 0 Å². The van der Waals surface area contributed by atoms with E-state index in [-0.39, 0.29) is 23.0 Å². The van der Waals surface area contributed by atoms with E-state index in [1.807, 2.05) is 12.1 Å². The van der Waals surface area contributed by atoms with Gasteiger partial charge in [0.25, 0.3) is 10.0 Å². The average molecular weight is 472 g/mol. The van der Waals surface area contributed by atoms with Crippen molar-refractivity contribution in [3.8, 4) is 0 Å². The molecule has 1 heterocycles. The summed E-state index contributed by atoms with van der Waals surface area (Å²) in [5, 5.41) is 4.59. The smallest absolute Gasteiger partial charge is 0.368 e. The molecule has 0 atom stereocenters. The summed E-state index contributed by atoms with van der Waals surface area (Å²) in [5.74, 6) is 0. The Labute approximate surface area is 184 Å². The van der Waals surface area contributed by atoms with Gasteiger partial charge < -0.3 is 10.2 Å². The van der Waals surface area contributed by atoms with E-state index >= 15 is 0 Å². The summed E-state index contributed by atoms with van der Waals surface area (Å²) in [6, 6.07) is 14.6. The van der Waals surface area contributed by atoms with Crippen LogP contribution in [0.1, 0.15) is 5.56 Å². The van der Waals surface area contributed by atoms with Gasteiger partial charge in [0, 0.05) is 48.3 Å².